The van der Waals surface area contributed by atoms with Crippen LogP contribution >= 0.6 is 0 Å². The van der Waals surface area contributed by atoms with Gasteiger partial charge in [-0.25, -0.2) is 4.79 Å². The van der Waals surface area contributed by atoms with Crippen LogP contribution in [0.5, 0.6) is 5.75 Å². The van der Waals surface area contributed by atoms with Crippen molar-refractivity contribution in [1.82, 2.24) is 0 Å². The monoisotopic (exact) mass is 411 g/mol. The highest BCUT2D eigenvalue weighted by Crippen LogP contribution is 2.39. The van der Waals surface area contributed by atoms with Gasteiger partial charge in [0.25, 0.3) is 0 Å². The van der Waals surface area contributed by atoms with E-state index >= 15 is 0 Å². The number of aliphatic hydroxyl groups is 4. The van der Waals surface area contributed by atoms with Gasteiger partial charge in [-0.2, -0.15) is 0 Å². The van der Waals surface area contributed by atoms with E-state index in [4.69, 9.17) is 20.3 Å². The Labute approximate surface area is 168 Å². The average Bonchev–Trinajstić information content (AvgIpc) is 2.70. The van der Waals surface area contributed by atoms with E-state index in [1.807, 2.05) is 0 Å². The smallest absolute Gasteiger partial charge is 0.335 e. The summed E-state index contributed by atoms with van der Waals surface area (Å²) in [4.78, 5) is 11.2. The van der Waals surface area contributed by atoms with E-state index in [1.54, 1.807) is 24.3 Å². The molecule has 9 nitrogen and oxygen atoms in total. The number of rotatable bonds is 6. The van der Waals surface area contributed by atoms with E-state index in [9.17, 15) is 25.2 Å². The van der Waals surface area contributed by atoms with Gasteiger partial charge in [-0.3, -0.25) is 0 Å². The third kappa shape index (κ3) is 4.55. The molecule has 29 heavy (non-hydrogen) atoms. The van der Waals surface area contributed by atoms with Crippen LogP contribution in [0, 0.1) is 0 Å². The molecule has 2 aliphatic rings. The molecule has 1 heterocycles. The van der Waals surface area contributed by atoms with Gasteiger partial charge in [-0.15, -0.1) is 0 Å². The third-order valence-electron chi connectivity index (χ3n) is 5.95. The maximum absolute atomic E-state index is 11.2. The summed E-state index contributed by atoms with van der Waals surface area (Å²) in [5.41, 5.74) is 5.96. The molecule has 0 radical (unpaired) electrons. The number of carbonyl (C=O) groups is 1. The highest BCUT2D eigenvalue weighted by atomic mass is 16.7. The molecular formula is C20H29NO8. The summed E-state index contributed by atoms with van der Waals surface area (Å²) >= 11 is 0. The zero-order valence-electron chi connectivity index (χ0n) is 16.1. The van der Waals surface area contributed by atoms with Crippen molar-refractivity contribution in [1.29, 1.82) is 0 Å². The van der Waals surface area contributed by atoms with Crippen molar-refractivity contribution >= 4 is 5.97 Å². The Bertz CT molecular complexity index is 690. The second kappa shape index (κ2) is 8.95. The number of carboxylic acids is 1. The minimum absolute atomic E-state index is 0.221. The van der Waals surface area contributed by atoms with E-state index in [-0.39, 0.29) is 11.7 Å². The van der Waals surface area contributed by atoms with E-state index in [0.717, 1.165) is 24.8 Å². The van der Waals surface area contributed by atoms with Gasteiger partial charge in [0.1, 0.15) is 24.1 Å². The Morgan fingerprint density at radius 3 is 2.28 bits per heavy atom. The van der Waals surface area contributed by atoms with Crippen LogP contribution in [0.1, 0.15) is 43.6 Å². The molecule has 2 fully saturated rings. The van der Waals surface area contributed by atoms with Crippen molar-refractivity contribution < 1.29 is 39.8 Å². The maximum atomic E-state index is 11.2. The van der Waals surface area contributed by atoms with Gasteiger partial charge >= 0.3 is 5.97 Å². The lowest BCUT2D eigenvalue weighted by Gasteiger charge is -2.39. The summed E-state index contributed by atoms with van der Waals surface area (Å²) in [6.07, 6.45) is -3.88. The van der Waals surface area contributed by atoms with Crippen molar-refractivity contribution in [3.8, 4) is 5.75 Å². The van der Waals surface area contributed by atoms with Crippen LogP contribution < -0.4 is 10.5 Å². The molecule has 9 heteroatoms. The van der Waals surface area contributed by atoms with Crippen molar-refractivity contribution in [2.24, 2.45) is 5.73 Å². The summed E-state index contributed by atoms with van der Waals surface area (Å²) in [7, 11) is 0. The number of aliphatic hydroxyl groups excluding tert-OH is 3. The molecule has 0 spiro atoms. The predicted molar refractivity (Wildman–Crippen MR) is 101 cm³/mol. The van der Waals surface area contributed by atoms with E-state index in [0.29, 0.717) is 19.4 Å². The summed E-state index contributed by atoms with van der Waals surface area (Å²) < 4.78 is 10.6. The Kier molecular flexibility index (Phi) is 6.77. The first-order valence-electron chi connectivity index (χ1n) is 9.88. The Morgan fingerprint density at radius 2 is 1.72 bits per heavy atom. The maximum Gasteiger partial charge on any atom is 0.335 e. The predicted octanol–water partition coefficient (Wildman–Crippen LogP) is -0.305. The van der Waals surface area contributed by atoms with Gasteiger partial charge < -0.3 is 40.7 Å². The number of ether oxygens (including phenoxy) is 2. The number of hydrogen-bond acceptors (Lipinski definition) is 8. The molecule has 1 saturated heterocycles. The fourth-order valence-electron chi connectivity index (χ4n) is 4.24. The molecule has 6 atom stereocenters. The molecule has 7 N–H and O–H groups in total. The van der Waals surface area contributed by atoms with Gasteiger partial charge in [-0.1, -0.05) is 31.4 Å². The molecule has 0 amide bonds. The van der Waals surface area contributed by atoms with Crippen LogP contribution in [-0.4, -0.2) is 74.4 Å². The number of benzene rings is 1. The van der Waals surface area contributed by atoms with Crippen LogP contribution in [0.15, 0.2) is 24.3 Å². The van der Waals surface area contributed by atoms with E-state index in [1.165, 1.54) is 0 Å². The minimum Gasteiger partial charge on any atom is -0.479 e. The first-order chi connectivity index (χ1) is 13.8. The number of nitrogens with two attached hydrogens (primary N) is 1. The molecule has 6 unspecified atom stereocenters. The largest absolute Gasteiger partial charge is 0.479 e. The molecular weight excluding hydrogens is 382 g/mol. The van der Waals surface area contributed by atoms with Crippen LogP contribution in [0.4, 0.5) is 0 Å². The molecule has 162 valence electrons. The van der Waals surface area contributed by atoms with Crippen LogP contribution in [-0.2, 0) is 9.53 Å². The van der Waals surface area contributed by atoms with Gasteiger partial charge in [0.2, 0.25) is 6.29 Å². The summed E-state index contributed by atoms with van der Waals surface area (Å²) in [6, 6.07) is 6.73. The lowest BCUT2D eigenvalue weighted by molar-refractivity contribution is -0.271. The molecule has 1 aliphatic carbocycles. The Morgan fingerprint density at radius 1 is 1.10 bits per heavy atom. The molecule has 0 bridgehead atoms. The van der Waals surface area contributed by atoms with Crippen molar-refractivity contribution in [2.75, 3.05) is 6.54 Å². The normalized spacial score (nSPS) is 33.1. The lowest BCUT2D eigenvalue weighted by atomic mass is 9.73. The topological polar surface area (TPSA) is 163 Å². The molecule has 1 aliphatic heterocycles. The number of carboxylic acid groups (broad SMARTS) is 1. The lowest BCUT2D eigenvalue weighted by Crippen LogP contribution is -2.61. The first-order valence-corrected chi connectivity index (χ1v) is 9.88. The van der Waals surface area contributed by atoms with E-state index in [2.05, 4.69) is 0 Å². The second-order valence-corrected chi connectivity index (χ2v) is 7.87. The summed E-state index contributed by atoms with van der Waals surface area (Å²) in [5.74, 6) is -1.42. The van der Waals surface area contributed by atoms with Crippen molar-refractivity contribution in [2.45, 2.75) is 74.3 Å². The molecule has 0 aromatic heterocycles. The number of aliphatic carboxylic acids is 1. The third-order valence-corrected chi connectivity index (χ3v) is 5.95. The average molecular weight is 411 g/mol. The summed E-state index contributed by atoms with van der Waals surface area (Å²) in [6.45, 7) is 0.297. The highest BCUT2D eigenvalue weighted by Gasteiger charge is 2.48. The Hall–Kier alpha value is -1.75. The van der Waals surface area contributed by atoms with Crippen molar-refractivity contribution in [3.63, 3.8) is 0 Å². The fourth-order valence-corrected chi connectivity index (χ4v) is 4.24. The SMILES string of the molecule is NCC(c1ccc(OC2OC(C(=O)O)C(O)C(O)C2O)cc1)C1(O)CCCCC1. The van der Waals surface area contributed by atoms with Crippen molar-refractivity contribution in [3.05, 3.63) is 29.8 Å². The van der Waals surface area contributed by atoms with Crippen LogP contribution in [0.3, 0.4) is 0 Å². The van der Waals surface area contributed by atoms with Crippen LogP contribution in [0.25, 0.3) is 0 Å². The quantitative estimate of drug-likeness (QED) is 0.369. The Balaban J connectivity index is 1.72. The first kappa shape index (κ1) is 21.9. The summed E-state index contributed by atoms with van der Waals surface area (Å²) in [5, 5.41) is 49.8. The van der Waals surface area contributed by atoms with Gasteiger partial charge in [0, 0.05) is 12.5 Å². The molecule has 3 rings (SSSR count). The molecule has 1 saturated carbocycles. The molecule has 1 aromatic carbocycles. The van der Waals surface area contributed by atoms with Gasteiger partial charge in [0.15, 0.2) is 6.10 Å². The highest BCUT2D eigenvalue weighted by molar-refractivity contribution is 5.73. The standard InChI is InChI=1S/C20H29NO8/c21-10-13(20(27)8-2-1-3-9-20)11-4-6-12(7-5-11)28-19-16(24)14(22)15(23)17(29-19)18(25)26/h4-7,13-17,19,22-24,27H,1-3,8-10,21H2,(H,25,26). The minimum atomic E-state index is -1.77. The van der Waals surface area contributed by atoms with Gasteiger partial charge in [-0.05, 0) is 30.5 Å². The fraction of sp³-hybridized carbons (Fsp3) is 0.650. The van der Waals surface area contributed by atoms with Gasteiger partial charge in [0.05, 0.1) is 5.60 Å². The zero-order chi connectivity index (χ0) is 21.2. The van der Waals surface area contributed by atoms with E-state index < -0.39 is 42.3 Å². The molecule has 1 aromatic rings. The van der Waals surface area contributed by atoms with Crippen LogP contribution in [0.2, 0.25) is 0 Å². The number of hydrogen-bond donors (Lipinski definition) is 6. The second-order valence-electron chi connectivity index (χ2n) is 7.87. The zero-order valence-corrected chi connectivity index (χ0v) is 16.1.